The van der Waals surface area contributed by atoms with E-state index < -0.39 is 34.4 Å². The van der Waals surface area contributed by atoms with Crippen LogP contribution in [0.15, 0.2) is 42.5 Å². The van der Waals surface area contributed by atoms with Crippen LogP contribution in [0.2, 0.25) is 5.02 Å². The molecule has 36 heavy (non-hydrogen) atoms. The van der Waals surface area contributed by atoms with Crippen LogP contribution < -0.4 is 10.2 Å². The van der Waals surface area contributed by atoms with Gasteiger partial charge in [0.05, 0.1) is 23.1 Å². The van der Waals surface area contributed by atoms with Gasteiger partial charge in [-0.2, -0.15) is 0 Å². The maximum atomic E-state index is 13.5. The zero-order chi connectivity index (χ0) is 26.0. The van der Waals surface area contributed by atoms with E-state index in [0.717, 1.165) is 17.4 Å². The lowest BCUT2D eigenvalue weighted by Crippen LogP contribution is -2.48. The van der Waals surface area contributed by atoms with E-state index >= 15 is 0 Å². The van der Waals surface area contributed by atoms with Crippen molar-refractivity contribution in [3.8, 4) is 0 Å². The van der Waals surface area contributed by atoms with Gasteiger partial charge >= 0.3 is 0 Å². The molecule has 0 saturated carbocycles. The Hall–Kier alpha value is -3.83. The Morgan fingerprint density at radius 2 is 1.94 bits per heavy atom. The van der Waals surface area contributed by atoms with Crippen LogP contribution >= 0.6 is 11.6 Å². The van der Waals surface area contributed by atoms with E-state index in [1.807, 2.05) is 0 Å². The van der Waals surface area contributed by atoms with Gasteiger partial charge in [0.25, 0.3) is 17.5 Å². The van der Waals surface area contributed by atoms with Gasteiger partial charge < -0.3 is 15.0 Å². The van der Waals surface area contributed by atoms with Crippen LogP contribution in [0.5, 0.6) is 0 Å². The molecule has 1 N–H and O–H groups in total. The fourth-order valence-corrected chi connectivity index (χ4v) is 4.53. The van der Waals surface area contributed by atoms with E-state index in [9.17, 15) is 29.3 Å². The number of carbonyl (C=O) groups excluding carboxylic acids is 4. The second-order valence-corrected chi connectivity index (χ2v) is 8.94. The Morgan fingerprint density at radius 3 is 2.56 bits per heavy atom. The number of nitrogens with one attached hydrogen (secondary N) is 1. The topological polar surface area (TPSA) is 139 Å². The number of nitro groups is 1. The molecule has 2 aromatic carbocycles. The average Bonchev–Trinajstić information content (AvgIpc) is 3.45. The van der Waals surface area contributed by atoms with E-state index in [1.165, 1.54) is 36.1 Å². The van der Waals surface area contributed by atoms with Gasteiger partial charge in [-0.1, -0.05) is 11.6 Å². The maximum absolute atomic E-state index is 13.5. The molecule has 0 aromatic heterocycles. The van der Waals surface area contributed by atoms with Gasteiger partial charge in [-0.15, -0.1) is 0 Å². The fraction of sp³-hybridized carbons (Fsp3) is 0.333. The number of ether oxygens (including phenoxy) is 1. The molecule has 12 heteroatoms. The number of halogens is 1. The van der Waals surface area contributed by atoms with Crippen LogP contribution in [0.1, 0.15) is 36.5 Å². The Kier molecular flexibility index (Phi) is 7.32. The number of nitro benzene ring substituents is 1. The molecule has 11 nitrogen and oxygen atoms in total. The summed E-state index contributed by atoms with van der Waals surface area (Å²) in [4.78, 5) is 64.0. The summed E-state index contributed by atoms with van der Waals surface area (Å²) in [7, 11) is 0. The first-order chi connectivity index (χ1) is 17.2. The molecule has 2 aliphatic heterocycles. The highest BCUT2D eigenvalue weighted by Gasteiger charge is 2.45. The number of benzene rings is 2. The molecule has 2 saturated heterocycles. The minimum atomic E-state index is -1.11. The minimum absolute atomic E-state index is 0.0255. The number of amides is 4. The summed E-state index contributed by atoms with van der Waals surface area (Å²) in [5.74, 6) is -1.99. The lowest BCUT2D eigenvalue weighted by molar-refractivity contribution is -0.384. The summed E-state index contributed by atoms with van der Waals surface area (Å²) in [6.07, 6.45) is 0.891. The van der Waals surface area contributed by atoms with Crippen molar-refractivity contribution in [1.29, 1.82) is 0 Å². The average molecular weight is 515 g/mol. The lowest BCUT2D eigenvalue weighted by Gasteiger charge is -2.30. The zero-order valence-corrected chi connectivity index (χ0v) is 20.1. The van der Waals surface area contributed by atoms with Crippen LogP contribution in [0.25, 0.3) is 0 Å². The monoisotopic (exact) mass is 514 g/mol. The number of rotatable bonds is 7. The standard InChI is InChI=1S/C24H23ClN4O7/c1-14(30)26-16-5-7-17(8-6-16)28-22(31)12-21(24(28)33)27(13-18-3-2-10-36-18)23(32)15-4-9-19(25)20(11-15)29(34)35/h4-9,11,18,21H,2-3,10,12-13H2,1H3,(H,26,30). The van der Waals surface area contributed by atoms with Crippen LogP contribution in [0.4, 0.5) is 17.1 Å². The second kappa shape index (κ2) is 10.4. The van der Waals surface area contributed by atoms with Crippen molar-refractivity contribution in [3.05, 3.63) is 63.2 Å². The third kappa shape index (κ3) is 5.21. The van der Waals surface area contributed by atoms with Gasteiger partial charge in [0.2, 0.25) is 11.8 Å². The summed E-state index contributed by atoms with van der Waals surface area (Å²) < 4.78 is 5.66. The maximum Gasteiger partial charge on any atom is 0.288 e. The van der Waals surface area contributed by atoms with Crippen LogP contribution in [-0.2, 0) is 19.1 Å². The molecule has 0 radical (unpaired) electrons. The Bertz CT molecular complexity index is 1230. The molecular formula is C24H23ClN4O7. The van der Waals surface area contributed by atoms with Crippen molar-refractivity contribution in [2.45, 2.75) is 38.3 Å². The summed E-state index contributed by atoms with van der Waals surface area (Å²) in [5, 5.41) is 13.8. The molecule has 0 aliphatic carbocycles. The zero-order valence-electron chi connectivity index (χ0n) is 19.3. The predicted octanol–water partition coefficient (Wildman–Crippen LogP) is 3.16. The van der Waals surface area contributed by atoms with Crippen LogP contribution in [0.3, 0.4) is 0 Å². The van der Waals surface area contributed by atoms with Crippen molar-refractivity contribution in [2.75, 3.05) is 23.4 Å². The molecule has 0 bridgehead atoms. The quantitative estimate of drug-likeness (QED) is 0.340. The van der Waals surface area contributed by atoms with Gasteiger partial charge in [-0.05, 0) is 49.2 Å². The molecule has 2 atom stereocenters. The van der Waals surface area contributed by atoms with E-state index in [-0.39, 0.29) is 35.6 Å². The number of imide groups is 1. The van der Waals surface area contributed by atoms with Gasteiger partial charge in [0, 0.05) is 37.4 Å². The number of hydrogen-bond acceptors (Lipinski definition) is 7. The lowest BCUT2D eigenvalue weighted by atomic mass is 10.1. The number of anilines is 2. The van der Waals surface area contributed by atoms with Crippen molar-refractivity contribution in [1.82, 2.24) is 4.90 Å². The highest BCUT2D eigenvalue weighted by Crippen LogP contribution is 2.31. The fourth-order valence-electron chi connectivity index (χ4n) is 4.34. The molecule has 2 aromatic rings. The summed E-state index contributed by atoms with van der Waals surface area (Å²) in [6, 6.07) is 8.73. The Labute approximate surface area is 211 Å². The normalized spacial score (nSPS) is 19.4. The SMILES string of the molecule is CC(=O)Nc1ccc(N2C(=O)CC(N(CC3CCCO3)C(=O)c3ccc(Cl)c([N+](=O)[O-])c3)C2=O)cc1. The molecule has 2 aliphatic rings. The second-order valence-electron chi connectivity index (χ2n) is 8.53. The van der Waals surface area contributed by atoms with E-state index in [1.54, 1.807) is 12.1 Å². The largest absolute Gasteiger partial charge is 0.376 e. The third-order valence-corrected chi connectivity index (χ3v) is 6.34. The molecule has 188 valence electrons. The number of nitrogens with zero attached hydrogens (tertiary/aromatic N) is 3. The first kappa shape index (κ1) is 25.3. The molecule has 2 unspecified atom stereocenters. The molecule has 2 fully saturated rings. The smallest absolute Gasteiger partial charge is 0.288 e. The highest BCUT2D eigenvalue weighted by atomic mass is 35.5. The summed E-state index contributed by atoms with van der Waals surface area (Å²) in [6.45, 7) is 1.93. The first-order valence-corrected chi connectivity index (χ1v) is 11.6. The van der Waals surface area contributed by atoms with Gasteiger partial charge in [-0.3, -0.25) is 29.3 Å². The summed E-state index contributed by atoms with van der Waals surface area (Å²) in [5.41, 5.74) is 0.339. The Morgan fingerprint density at radius 1 is 1.22 bits per heavy atom. The number of hydrogen-bond donors (Lipinski definition) is 1. The number of carbonyl (C=O) groups is 4. The van der Waals surface area contributed by atoms with Crippen molar-refractivity contribution >= 4 is 52.3 Å². The van der Waals surface area contributed by atoms with Crippen molar-refractivity contribution < 1.29 is 28.8 Å². The van der Waals surface area contributed by atoms with Gasteiger partial charge in [0.15, 0.2) is 0 Å². The predicted molar refractivity (Wildman–Crippen MR) is 130 cm³/mol. The molecule has 4 rings (SSSR count). The molecule has 0 spiro atoms. The van der Waals surface area contributed by atoms with Crippen molar-refractivity contribution in [3.63, 3.8) is 0 Å². The van der Waals surface area contributed by atoms with Gasteiger partial charge in [-0.25, -0.2) is 4.90 Å². The molecular weight excluding hydrogens is 492 g/mol. The summed E-state index contributed by atoms with van der Waals surface area (Å²) >= 11 is 5.89. The highest BCUT2D eigenvalue weighted by molar-refractivity contribution is 6.32. The van der Waals surface area contributed by atoms with Gasteiger partial charge in [0.1, 0.15) is 11.1 Å². The van der Waals surface area contributed by atoms with E-state index in [4.69, 9.17) is 16.3 Å². The first-order valence-electron chi connectivity index (χ1n) is 11.3. The molecule has 4 amide bonds. The molecule has 2 heterocycles. The van der Waals surface area contributed by atoms with Crippen molar-refractivity contribution in [2.24, 2.45) is 0 Å². The van der Waals surface area contributed by atoms with E-state index in [2.05, 4.69) is 5.32 Å². The van der Waals surface area contributed by atoms with E-state index in [0.29, 0.717) is 24.4 Å². The van der Waals surface area contributed by atoms with Crippen LogP contribution in [0, 0.1) is 10.1 Å². The Balaban J connectivity index is 1.63. The van der Waals surface area contributed by atoms with Crippen LogP contribution in [-0.4, -0.2) is 58.7 Å². The minimum Gasteiger partial charge on any atom is -0.376 e. The third-order valence-electron chi connectivity index (χ3n) is 6.02.